The minimum atomic E-state index is -0.741. The zero-order chi connectivity index (χ0) is 14.1. The van der Waals surface area contributed by atoms with Crippen molar-refractivity contribution < 1.29 is 14.6 Å². The van der Waals surface area contributed by atoms with E-state index in [1.54, 1.807) is 12.4 Å². The minimum Gasteiger partial charge on any atom is -0.481 e. The molecule has 0 amide bonds. The van der Waals surface area contributed by atoms with Gasteiger partial charge in [-0.1, -0.05) is 6.92 Å². The summed E-state index contributed by atoms with van der Waals surface area (Å²) in [6.07, 6.45) is 5.03. The second kappa shape index (κ2) is 8.29. The average Bonchev–Trinajstić information content (AvgIpc) is 2.37. The number of carboxylic acids is 1. The fourth-order valence-electron chi connectivity index (χ4n) is 1.61. The number of carboxylic acid groups (broad SMARTS) is 1. The Morgan fingerprint density at radius 3 is 2.95 bits per heavy atom. The predicted octanol–water partition coefficient (Wildman–Crippen LogP) is 2.18. The van der Waals surface area contributed by atoms with Gasteiger partial charge in [-0.3, -0.25) is 9.78 Å². The standard InChI is InChI=1S/C13H21N3O3/c1-3-19-12-9-14-8-11(16-12)15-7-6-10(2)4-5-13(17)18/h8-10H,3-7H2,1-2H3,(H,15,16)(H,17,18). The molecule has 0 radical (unpaired) electrons. The summed E-state index contributed by atoms with van der Waals surface area (Å²) in [6.45, 7) is 5.24. The highest BCUT2D eigenvalue weighted by Gasteiger charge is 2.05. The Morgan fingerprint density at radius 1 is 1.47 bits per heavy atom. The van der Waals surface area contributed by atoms with Crippen molar-refractivity contribution in [3.8, 4) is 5.88 Å². The van der Waals surface area contributed by atoms with E-state index < -0.39 is 5.97 Å². The molecule has 0 aliphatic carbocycles. The van der Waals surface area contributed by atoms with Crippen molar-refractivity contribution >= 4 is 11.8 Å². The van der Waals surface area contributed by atoms with Crippen LogP contribution in [0.3, 0.4) is 0 Å². The summed E-state index contributed by atoms with van der Waals surface area (Å²) >= 11 is 0. The molecular weight excluding hydrogens is 246 g/mol. The van der Waals surface area contributed by atoms with Crippen LogP contribution in [0.2, 0.25) is 0 Å². The number of carbonyl (C=O) groups is 1. The van der Waals surface area contributed by atoms with Crippen LogP contribution in [0, 0.1) is 5.92 Å². The van der Waals surface area contributed by atoms with Crippen LogP contribution in [0.5, 0.6) is 5.88 Å². The van der Waals surface area contributed by atoms with E-state index >= 15 is 0 Å². The zero-order valence-electron chi connectivity index (χ0n) is 11.4. The molecule has 1 unspecified atom stereocenters. The van der Waals surface area contributed by atoms with Crippen LogP contribution >= 0.6 is 0 Å². The molecule has 19 heavy (non-hydrogen) atoms. The summed E-state index contributed by atoms with van der Waals surface area (Å²) in [6, 6.07) is 0. The van der Waals surface area contributed by atoms with E-state index in [0.717, 1.165) is 13.0 Å². The van der Waals surface area contributed by atoms with Gasteiger partial charge in [-0.05, 0) is 25.7 Å². The van der Waals surface area contributed by atoms with Gasteiger partial charge >= 0.3 is 5.97 Å². The number of ether oxygens (including phenoxy) is 1. The van der Waals surface area contributed by atoms with Gasteiger partial charge in [0, 0.05) is 13.0 Å². The summed E-state index contributed by atoms with van der Waals surface area (Å²) < 4.78 is 5.26. The van der Waals surface area contributed by atoms with Crippen LogP contribution in [0.15, 0.2) is 12.4 Å². The normalized spacial score (nSPS) is 11.9. The Hall–Kier alpha value is -1.85. The van der Waals surface area contributed by atoms with E-state index in [1.807, 2.05) is 13.8 Å². The number of hydrogen-bond donors (Lipinski definition) is 2. The predicted molar refractivity (Wildman–Crippen MR) is 72.3 cm³/mol. The molecule has 1 heterocycles. The van der Waals surface area contributed by atoms with E-state index in [-0.39, 0.29) is 6.42 Å². The fourth-order valence-corrected chi connectivity index (χ4v) is 1.61. The van der Waals surface area contributed by atoms with Crippen molar-refractivity contribution in [2.75, 3.05) is 18.5 Å². The van der Waals surface area contributed by atoms with E-state index in [9.17, 15) is 4.79 Å². The van der Waals surface area contributed by atoms with E-state index in [4.69, 9.17) is 9.84 Å². The Kier molecular flexibility index (Phi) is 6.63. The molecule has 1 aromatic heterocycles. The number of hydrogen-bond acceptors (Lipinski definition) is 5. The first-order chi connectivity index (χ1) is 9.11. The molecule has 106 valence electrons. The molecule has 0 saturated heterocycles. The van der Waals surface area contributed by atoms with E-state index in [2.05, 4.69) is 15.3 Å². The lowest BCUT2D eigenvalue weighted by molar-refractivity contribution is -0.137. The molecule has 0 bridgehead atoms. The SMILES string of the molecule is CCOc1cncc(NCCC(C)CCC(=O)O)n1. The van der Waals surface area contributed by atoms with E-state index in [1.165, 1.54) is 0 Å². The van der Waals surface area contributed by atoms with Crippen molar-refractivity contribution in [2.45, 2.75) is 33.1 Å². The van der Waals surface area contributed by atoms with Crippen molar-refractivity contribution in [3.63, 3.8) is 0 Å². The van der Waals surface area contributed by atoms with Crippen LogP contribution < -0.4 is 10.1 Å². The fraction of sp³-hybridized carbons (Fsp3) is 0.615. The number of aliphatic carboxylic acids is 1. The molecule has 0 spiro atoms. The molecule has 0 aromatic carbocycles. The highest BCUT2D eigenvalue weighted by atomic mass is 16.5. The first-order valence-corrected chi connectivity index (χ1v) is 6.52. The van der Waals surface area contributed by atoms with Crippen LogP contribution in [0.4, 0.5) is 5.82 Å². The first-order valence-electron chi connectivity index (χ1n) is 6.52. The van der Waals surface area contributed by atoms with Gasteiger partial charge in [0.05, 0.1) is 19.0 Å². The van der Waals surface area contributed by atoms with Gasteiger partial charge in [-0.15, -0.1) is 0 Å². The number of anilines is 1. The third kappa shape index (κ3) is 6.59. The quantitative estimate of drug-likeness (QED) is 0.713. The molecule has 6 heteroatoms. The van der Waals surface area contributed by atoms with Gasteiger partial charge in [0.2, 0.25) is 5.88 Å². The molecular formula is C13H21N3O3. The summed E-state index contributed by atoms with van der Waals surface area (Å²) in [5.41, 5.74) is 0. The van der Waals surface area contributed by atoms with Gasteiger partial charge < -0.3 is 15.2 Å². The molecule has 0 aliphatic heterocycles. The highest BCUT2D eigenvalue weighted by molar-refractivity contribution is 5.66. The summed E-state index contributed by atoms with van der Waals surface area (Å²) in [5, 5.41) is 11.8. The highest BCUT2D eigenvalue weighted by Crippen LogP contribution is 2.12. The van der Waals surface area contributed by atoms with Crippen LogP contribution in [-0.4, -0.2) is 34.2 Å². The lowest BCUT2D eigenvalue weighted by atomic mass is 10.0. The maximum atomic E-state index is 10.5. The number of aromatic nitrogens is 2. The van der Waals surface area contributed by atoms with Gasteiger partial charge in [0.15, 0.2) is 0 Å². The lowest BCUT2D eigenvalue weighted by Crippen LogP contribution is -2.10. The smallest absolute Gasteiger partial charge is 0.303 e. The average molecular weight is 267 g/mol. The lowest BCUT2D eigenvalue weighted by Gasteiger charge is -2.11. The third-order valence-electron chi connectivity index (χ3n) is 2.70. The van der Waals surface area contributed by atoms with Gasteiger partial charge in [0.25, 0.3) is 0 Å². The Labute approximate surface area is 113 Å². The largest absolute Gasteiger partial charge is 0.481 e. The maximum Gasteiger partial charge on any atom is 0.303 e. The van der Waals surface area contributed by atoms with Gasteiger partial charge in [0.1, 0.15) is 5.82 Å². The molecule has 1 rings (SSSR count). The summed E-state index contributed by atoms with van der Waals surface area (Å²) in [4.78, 5) is 18.7. The van der Waals surface area contributed by atoms with Crippen LogP contribution in [0.25, 0.3) is 0 Å². The van der Waals surface area contributed by atoms with Crippen molar-refractivity contribution in [1.82, 2.24) is 9.97 Å². The summed E-state index contributed by atoms with van der Waals surface area (Å²) in [5.74, 6) is 0.810. The Balaban J connectivity index is 2.28. The van der Waals surface area contributed by atoms with Crippen molar-refractivity contribution in [1.29, 1.82) is 0 Å². The van der Waals surface area contributed by atoms with Crippen LogP contribution in [-0.2, 0) is 4.79 Å². The number of nitrogens with one attached hydrogen (secondary N) is 1. The van der Waals surface area contributed by atoms with Gasteiger partial charge in [-0.2, -0.15) is 4.98 Å². The number of nitrogens with zero attached hydrogens (tertiary/aromatic N) is 2. The monoisotopic (exact) mass is 267 g/mol. The van der Waals surface area contributed by atoms with Gasteiger partial charge in [-0.25, -0.2) is 0 Å². The number of rotatable bonds is 9. The van der Waals surface area contributed by atoms with Crippen LogP contribution in [0.1, 0.15) is 33.1 Å². The molecule has 2 N–H and O–H groups in total. The van der Waals surface area contributed by atoms with Crippen molar-refractivity contribution in [3.05, 3.63) is 12.4 Å². The summed E-state index contributed by atoms with van der Waals surface area (Å²) in [7, 11) is 0. The second-order valence-electron chi connectivity index (χ2n) is 4.43. The maximum absolute atomic E-state index is 10.5. The molecule has 0 fully saturated rings. The minimum absolute atomic E-state index is 0.223. The molecule has 6 nitrogen and oxygen atoms in total. The third-order valence-corrected chi connectivity index (χ3v) is 2.70. The van der Waals surface area contributed by atoms with E-state index in [0.29, 0.717) is 30.6 Å². The van der Waals surface area contributed by atoms with Crippen molar-refractivity contribution in [2.24, 2.45) is 5.92 Å². The zero-order valence-corrected chi connectivity index (χ0v) is 11.4. The second-order valence-corrected chi connectivity index (χ2v) is 4.43. The Morgan fingerprint density at radius 2 is 2.26 bits per heavy atom. The topological polar surface area (TPSA) is 84.3 Å². The molecule has 1 aromatic rings. The first kappa shape index (κ1) is 15.2. The Bertz CT molecular complexity index is 398. The molecule has 0 saturated carbocycles. The molecule has 0 aliphatic rings. The molecule has 1 atom stereocenters.